The van der Waals surface area contributed by atoms with Crippen molar-refractivity contribution in [3.05, 3.63) is 62.5 Å². The van der Waals surface area contributed by atoms with Gasteiger partial charge in [0.15, 0.2) is 5.11 Å². The van der Waals surface area contributed by atoms with Gasteiger partial charge in [0.05, 0.1) is 17.1 Å². The number of esters is 1. The van der Waals surface area contributed by atoms with Crippen LogP contribution in [0.15, 0.2) is 42.5 Å². The Morgan fingerprint density at radius 3 is 2.59 bits per heavy atom. The molecule has 3 rings (SSSR count). The number of nitro benzene ring substituents is 1. The predicted octanol–water partition coefficient (Wildman–Crippen LogP) is 5.06. The SMILES string of the molecule is COC(=O)c1sc2cc(NC(=S)Nc3cccc([N+](=O)[O-])c3)ccc2c1Cl. The maximum absolute atomic E-state index is 11.8. The van der Waals surface area contributed by atoms with Crippen LogP contribution in [0.5, 0.6) is 0 Å². The number of anilines is 2. The Morgan fingerprint density at radius 2 is 1.93 bits per heavy atom. The first-order chi connectivity index (χ1) is 12.9. The highest BCUT2D eigenvalue weighted by molar-refractivity contribution is 7.80. The van der Waals surface area contributed by atoms with E-state index in [0.717, 1.165) is 10.1 Å². The minimum absolute atomic E-state index is 0.0345. The van der Waals surface area contributed by atoms with Crippen molar-refractivity contribution in [1.29, 1.82) is 0 Å². The Labute approximate surface area is 168 Å². The summed E-state index contributed by atoms with van der Waals surface area (Å²) in [6, 6.07) is 11.4. The van der Waals surface area contributed by atoms with Crippen LogP contribution < -0.4 is 10.6 Å². The van der Waals surface area contributed by atoms with Crippen LogP contribution in [-0.4, -0.2) is 23.1 Å². The number of carbonyl (C=O) groups is 1. The standard InChI is InChI=1S/C17H12ClN3O4S2/c1-25-16(22)15-14(18)12-6-5-10(8-13(12)27-15)20-17(26)19-9-3-2-4-11(7-9)21(23)24/h2-8H,1H3,(H2,19,20,26). The number of non-ortho nitro benzene ring substituents is 1. The quantitative estimate of drug-likeness (QED) is 0.263. The lowest BCUT2D eigenvalue weighted by Crippen LogP contribution is -2.18. The van der Waals surface area contributed by atoms with Crippen LogP contribution in [0.25, 0.3) is 10.1 Å². The number of rotatable bonds is 4. The highest BCUT2D eigenvalue weighted by Gasteiger charge is 2.17. The molecule has 2 aromatic carbocycles. The molecule has 0 aliphatic carbocycles. The summed E-state index contributed by atoms with van der Waals surface area (Å²) in [4.78, 5) is 22.5. The Bertz CT molecular complexity index is 1070. The second kappa shape index (κ2) is 7.87. The van der Waals surface area contributed by atoms with Gasteiger partial charge in [0.25, 0.3) is 5.69 Å². The van der Waals surface area contributed by atoms with Crippen molar-refractivity contribution in [1.82, 2.24) is 0 Å². The third-order valence-electron chi connectivity index (χ3n) is 3.57. The molecule has 10 heteroatoms. The Hall–Kier alpha value is -2.75. The molecule has 27 heavy (non-hydrogen) atoms. The van der Waals surface area contributed by atoms with E-state index >= 15 is 0 Å². The van der Waals surface area contributed by atoms with E-state index in [-0.39, 0.29) is 10.8 Å². The highest BCUT2D eigenvalue weighted by Crippen LogP contribution is 2.37. The molecule has 0 bridgehead atoms. The van der Waals surface area contributed by atoms with Crippen LogP contribution in [0.1, 0.15) is 9.67 Å². The fourth-order valence-corrected chi connectivity index (χ4v) is 4.06. The molecule has 0 saturated heterocycles. The third kappa shape index (κ3) is 4.16. The summed E-state index contributed by atoms with van der Waals surface area (Å²) < 4.78 is 5.52. The van der Waals surface area contributed by atoms with E-state index in [2.05, 4.69) is 10.6 Å². The van der Waals surface area contributed by atoms with E-state index in [4.69, 9.17) is 28.6 Å². The number of methoxy groups -OCH3 is 1. The van der Waals surface area contributed by atoms with Gasteiger partial charge in [0, 0.05) is 33.6 Å². The van der Waals surface area contributed by atoms with Gasteiger partial charge in [-0.1, -0.05) is 17.7 Å². The summed E-state index contributed by atoms with van der Waals surface area (Å²) in [5, 5.41) is 18.1. The fourth-order valence-electron chi connectivity index (χ4n) is 2.36. The van der Waals surface area contributed by atoms with Crippen molar-refractivity contribution in [3.8, 4) is 0 Å². The van der Waals surface area contributed by atoms with Crippen molar-refractivity contribution in [2.75, 3.05) is 17.7 Å². The second-order valence-corrected chi connectivity index (χ2v) is 7.17. The zero-order valence-electron chi connectivity index (χ0n) is 13.8. The van der Waals surface area contributed by atoms with E-state index in [1.807, 2.05) is 0 Å². The van der Waals surface area contributed by atoms with E-state index in [1.165, 1.54) is 30.6 Å². The van der Waals surface area contributed by atoms with Crippen LogP contribution in [0.2, 0.25) is 5.02 Å². The van der Waals surface area contributed by atoms with Gasteiger partial charge in [-0.25, -0.2) is 4.79 Å². The maximum Gasteiger partial charge on any atom is 0.349 e. The molecule has 0 aliphatic heterocycles. The first-order valence-electron chi connectivity index (χ1n) is 7.52. The van der Waals surface area contributed by atoms with Crippen molar-refractivity contribution in [3.63, 3.8) is 0 Å². The number of nitrogens with one attached hydrogen (secondary N) is 2. The monoisotopic (exact) mass is 421 g/mol. The van der Waals surface area contributed by atoms with Gasteiger partial charge in [-0.2, -0.15) is 0 Å². The lowest BCUT2D eigenvalue weighted by atomic mass is 10.2. The van der Waals surface area contributed by atoms with Gasteiger partial charge in [0.2, 0.25) is 0 Å². The van der Waals surface area contributed by atoms with E-state index in [1.54, 1.807) is 30.3 Å². The zero-order valence-corrected chi connectivity index (χ0v) is 16.2. The topological polar surface area (TPSA) is 93.5 Å². The minimum atomic E-state index is -0.487. The Kier molecular flexibility index (Phi) is 5.54. The molecule has 3 aromatic rings. The molecule has 1 aromatic heterocycles. The van der Waals surface area contributed by atoms with E-state index in [9.17, 15) is 14.9 Å². The Morgan fingerprint density at radius 1 is 1.22 bits per heavy atom. The van der Waals surface area contributed by atoms with Gasteiger partial charge < -0.3 is 15.4 Å². The van der Waals surface area contributed by atoms with Gasteiger partial charge in [-0.05, 0) is 36.5 Å². The number of thiocarbonyl (C=S) groups is 1. The molecule has 0 spiro atoms. The average Bonchev–Trinajstić information content (AvgIpc) is 2.97. The number of benzene rings is 2. The maximum atomic E-state index is 11.8. The van der Waals surface area contributed by atoms with Crippen LogP contribution in [-0.2, 0) is 4.74 Å². The predicted molar refractivity (Wildman–Crippen MR) is 111 cm³/mol. The second-order valence-electron chi connectivity index (χ2n) is 5.33. The molecular weight excluding hydrogens is 410 g/mol. The Balaban J connectivity index is 1.78. The first-order valence-corrected chi connectivity index (χ1v) is 9.12. The number of nitrogens with zero attached hydrogens (tertiary/aromatic N) is 1. The molecule has 0 unspecified atom stereocenters. The number of hydrogen-bond acceptors (Lipinski definition) is 6. The molecule has 0 fully saturated rings. The molecule has 2 N–H and O–H groups in total. The van der Waals surface area contributed by atoms with Gasteiger partial charge >= 0.3 is 5.97 Å². The summed E-state index contributed by atoms with van der Waals surface area (Å²) in [5.74, 6) is -0.487. The molecule has 1 heterocycles. The number of fused-ring (bicyclic) bond motifs is 1. The molecule has 7 nitrogen and oxygen atoms in total. The fraction of sp³-hybridized carbons (Fsp3) is 0.0588. The number of carbonyl (C=O) groups excluding carboxylic acids is 1. The third-order valence-corrected chi connectivity index (χ3v) is 5.41. The first kappa shape index (κ1) is 19.0. The van der Waals surface area contributed by atoms with Gasteiger partial charge in [0.1, 0.15) is 4.88 Å². The van der Waals surface area contributed by atoms with E-state index in [0.29, 0.717) is 21.3 Å². The summed E-state index contributed by atoms with van der Waals surface area (Å²) in [5.41, 5.74) is 1.14. The zero-order chi connectivity index (χ0) is 19.6. The summed E-state index contributed by atoms with van der Waals surface area (Å²) >= 11 is 12.7. The normalized spacial score (nSPS) is 10.4. The van der Waals surface area contributed by atoms with Crippen LogP contribution in [0.3, 0.4) is 0 Å². The summed E-state index contributed by atoms with van der Waals surface area (Å²) in [6.07, 6.45) is 0. The number of hydrogen-bond donors (Lipinski definition) is 2. The molecule has 0 saturated carbocycles. The highest BCUT2D eigenvalue weighted by atomic mass is 35.5. The van der Waals surface area contributed by atoms with Gasteiger partial charge in [-0.15, -0.1) is 11.3 Å². The molecule has 0 atom stereocenters. The lowest BCUT2D eigenvalue weighted by molar-refractivity contribution is -0.384. The molecular formula is C17H12ClN3O4S2. The number of halogens is 1. The molecule has 138 valence electrons. The largest absolute Gasteiger partial charge is 0.465 e. The number of nitro groups is 1. The summed E-state index contributed by atoms with van der Waals surface area (Å²) in [6.45, 7) is 0. The van der Waals surface area contributed by atoms with Crippen LogP contribution >= 0.6 is 35.2 Å². The van der Waals surface area contributed by atoms with Crippen LogP contribution in [0.4, 0.5) is 17.1 Å². The molecule has 0 radical (unpaired) electrons. The van der Waals surface area contributed by atoms with E-state index < -0.39 is 10.9 Å². The smallest absolute Gasteiger partial charge is 0.349 e. The molecule has 0 amide bonds. The van der Waals surface area contributed by atoms with Crippen molar-refractivity contribution < 1.29 is 14.5 Å². The average molecular weight is 422 g/mol. The number of thiophene rings is 1. The van der Waals surface area contributed by atoms with Crippen molar-refractivity contribution >= 4 is 73.4 Å². The van der Waals surface area contributed by atoms with Crippen molar-refractivity contribution in [2.24, 2.45) is 0 Å². The summed E-state index contributed by atoms with van der Waals surface area (Å²) in [7, 11) is 1.30. The van der Waals surface area contributed by atoms with Crippen molar-refractivity contribution in [2.45, 2.75) is 0 Å². The van der Waals surface area contributed by atoms with Crippen LogP contribution in [0, 0.1) is 10.1 Å². The van der Waals surface area contributed by atoms with Gasteiger partial charge in [-0.3, -0.25) is 10.1 Å². The molecule has 0 aliphatic rings. The number of ether oxygens (including phenoxy) is 1. The lowest BCUT2D eigenvalue weighted by Gasteiger charge is -2.10. The minimum Gasteiger partial charge on any atom is -0.465 e.